The molecule has 0 nitrogen and oxygen atoms in total. The molecule has 2 heteroatoms. The molecule has 13 rings (SSSR count). The number of aryl methyl sites for hydroxylation is 2. The van der Waals surface area contributed by atoms with Gasteiger partial charge in [-0.05, 0) is 266 Å². The summed E-state index contributed by atoms with van der Waals surface area (Å²) in [6.45, 7) is 4.56. The Bertz CT molecular complexity index is 3940. The van der Waals surface area contributed by atoms with Crippen LogP contribution in [0.5, 0.6) is 0 Å². The van der Waals surface area contributed by atoms with Crippen LogP contribution in [-0.4, -0.2) is 0 Å². The normalized spacial score (nSPS) is 12.5. The van der Waals surface area contributed by atoms with Crippen molar-refractivity contribution in [1.82, 2.24) is 0 Å². The monoisotopic (exact) mass is 962 g/mol. The summed E-state index contributed by atoms with van der Waals surface area (Å²) in [5, 5.41) is 23.5. The number of benzene rings is 11. The standard InChI is InChI=1S/C70H58S2/c1-3-5-7-9-11-45-13-19-49-29-59-35-55-27-47(15-21-51(55)31-57(59)33-53(49)25-45)17-23-67-41-65-39-61-37-64-44-70-66(40-62(64)38-63(61)43-69(65)71-67)42-68(72-70)24-18-48-16-22-52-32-58-34-54-26-46(12-10-8-6-4-2)14-20-50(54)30-60(58)36-56(52)28-48/h13-44H,3-12H2,1-2H3. The van der Waals surface area contributed by atoms with Crippen LogP contribution in [0.4, 0.5) is 0 Å². The maximum absolute atomic E-state index is 2.41. The van der Waals surface area contributed by atoms with Gasteiger partial charge in [0.1, 0.15) is 0 Å². The van der Waals surface area contributed by atoms with Gasteiger partial charge in [-0.15, -0.1) is 22.7 Å². The van der Waals surface area contributed by atoms with E-state index in [2.05, 4.69) is 208 Å². The van der Waals surface area contributed by atoms with Crippen molar-refractivity contribution >= 4 is 153 Å². The van der Waals surface area contributed by atoms with Gasteiger partial charge in [0.05, 0.1) is 0 Å². The molecule has 72 heavy (non-hydrogen) atoms. The van der Waals surface area contributed by atoms with Gasteiger partial charge >= 0.3 is 0 Å². The van der Waals surface area contributed by atoms with Crippen molar-refractivity contribution in [2.45, 2.75) is 78.1 Å². The van der Waals surface area contributed by atoms with Crippen molar-refractivity contribution in [1.29, 1.82) is 0 Å². The van der Waals surface area contributed by atoms with Crippen LogP contribution >= 0.6 is 22.7 Å². The molecule has 0 aliphatic carbocycles. The smallest absolute Gasteiger partial charge is 0.0355 e. The molecule has 350 valence electrons. The molecule has 0 fully saturated rings. The van der Waals surface area contributed by atoms with Crippen LogP contribution in [-0.2, 0) is 12.8 Å². The summed E-state index contributed by atoms with van der Waals surface area (Å²) in [5.74, 6) is 0. The van der Waals surface area contributed by atoms with Crippen molar-refractivity contribution in [3.05, 3.63) is 202 Å². The Balaban J connectivity index is 0.715. The first-order valence-electron chi connectivity index (χ1n) is 26.4. The highest BCUT2D eigenvalue weighted by Gasteiger charge is 2.10. The lowest BCUT2D eigenvalue weighted by atomic mass is 9.96. The molecule has 2 heterocycles. The highest BCUT2D eigenvalue weighted by molar-refractivity contribution is 7.20. The van der Waals surface area contributed by atoms with E-state index in [0.29, 0.717) is 0 Å². The third kappa shape index (κ3) is 9.08. The molecule has 0 aliphatic rings. The molecular weight excluding hydrogens is 905 g/mol. The molecule has 0 atom stereocenters. The predicted molar refractivity (Wildman–Crippen MR) is 324 cm³/mol. The van der Waals surface area contributed by atoms with E-state index in [1.165, 1.54) is 203 Å². The molecule has 13 aromatic rings. The van der Waals surface area contributed by atoms with E-state index in [9.17, 15) is 0 Å². The quantitative estimate of drug-likeness (QED) is 0.0753. The molecule has 0 spiro atoms. The van der Waals surface area contributed by atoms with Gasteiger partial charge in [-0.25, -0.2) is 0 Å². The summed E-state index contributed by atoms with van der Waals surface area (Å²) in [6.07, 6.45) is 21.9. The zero-order valence-electron chi connectivity index (χ0n) is 41.4. The van der Waals surface area contributed by atoms with Gasteiger partial charge in [0.15, 0.2) is 0 Å². The predicted octanol–water partition coefficient (Wildman–Crippen LogP) is 21.9. The fourth-order valence-corrected chi connectivity index (χ4v) is 13.3. The Morgan fingerprint density at radius 1 is 0.264 bits per heavy atom. The van der Waals surface area contributed by atoms with Crippen LogP contribution in [0.15, 0.2) is 170 Å². The van der Waals surface area contributed by atoms with E-state index < -0.39 is 0 Å². The molecule has 0 radical (unpaired) electrons. The zero-order chi connectivity index (χ0) is 48.1. The van der Waals surface area contributed by atoms with E-state index in [1.807, 2.05) is 22.7 Å². The first-order chi connectivity index (χ1) is 35.4. The number of fused-ring (bicyclic) bond motifs is 10. The molecule has 11 aromatic carbocycles. The van der Waals surface area contributed by atoms with Gasteiger partial charge in [-0.2, -0.15) is 0 Å². The Morgan fingerprint density at radius 2 is 0.583 bits per heavy atom. The fraction of sp³-hybridized carbons (Fsp3) is 0.171. The maximum atomic E-state index is 2.41. The van der Waals surface area contributed by atoms with Crippen molar-refractivity contribution in [2.75, 3.05) is 0 Å². The average molecular weight is 963 g/mol. The van der Waals surface area contributed by atoms with E-state index in [0.717, 1.165) is 0 Å². The van der Waals surface area contributed by atoms with Crippen molar-refractivity contribution in [3.8, 4) is 0 Å². The topological polar surface area (TPSA) is 0 Å². The van der Waals surface area contributed by atoms with Gasteiger partial charge < -0.3 is 0 Å². The van der Waals surface area contributed by atoms with Gasteiger partial charge in [-0.1, -0.05) is 125 Å². The van der Waals surface area contributed by atoms with Crippen molar-refractivity contribution in [3.63, 3.8) is 0 Å². The number of hydrogen-bond donors (Lipinski definition) is 0. The Morgan fingerprint density at radius 3 is 0.972 bits per heavy atom. The number of unbranched alkanes of at least 4 members (excludes halogenated alkanes) is 6. The molecular formula is C70H58S2. The van der Waals surface area contributed by atoms with Gasteiger partial charge in [0.25, 0.3) is 0 Å². The SMILES string of the molecule is CCCCCCc1ccc2cc3cc4cc(C=Cc5cc6cc7cc8cc9sc(C=Cc%10ccc%11cc%12cc%13cc(CCCCCC)ccc%13cc%12cc%11c%10)cc9cc8cc7cc6s5)ccc4cc3cc2c1. The highest BCUT2D eigenvalue weighted by atomic mass is 32.1. The fourth-order valence-electron chi connectivity index (χ4n) is 11.3. The summed E-state index contributed by atoms with van der Waals surface area (Å²) in [5.41, 5.74) is 5.36. The largest absolute Gasteiger partial charge is 0.136 e. The number of thiophene rings is 2. The summed E-state index contributed by atoms with van der Waals surface area (Å²) < 4.78 is 2.65. The second-order valence-electron chi connectivity index (χ2n) is 20.6. The Labute approximate surface area is 430 Å². The lowest BCUT2D eigenvalue weighted by molar-refractivity contribution is 0.667. The maximum Gasteiger partial charge on any atom is 0.0355 e. The van der Waals surface area contributed by atoms with Gasteiger partial charge in [0, 0.05) is 19.2 Å². The summed E-state index contributed by atoms with van der Waals surface area (Å²) in [4.78, 5) is 2.54. The second-order valence-corrected chi connectivity index (χ2v) is 22.8. The number of hydrogen-bond acceptors (Lipinski definition) is 2. The summed E-state index contributed by atoms with van der Waals surface area (Å²) in [6, 6.07) is 65.8. The molecule has 2 aromatic heterocycles. The van der Waals surface area contributed by atoms with Crippen LogP contribution < -0.4 is 0 Å². The summed E-state index contributed by atoms with van der Waals surface area (Å²) in [7, 11) is 0. The average Bonchev–Trinajstić information content (AvgIpc) is 3.99. The molecule has 0 saturated heterocycles. The van der Waals surface area contributed by atoms with E-state index >= 15 is 0 Å². The lowest BCUT2D eigenvalue weighted by Crippen LogP contribution is -1.87. The number of rotatable bonds is 14. The Kier molecular flexibility index (Phi) is 11.9. The summed E-state index contributed by atoms with van der Waals surface area (Å²) >= 11 is 3.74. The molecule has 0 amide bonds. The van der Waals surface area contributed by atoms with Crippen LogP contribution in [0.25, 0.3) is 131 Å². The molecule has 0 N–H and O–H groups in total. The van der Waals surface area contributed by atoms with Crippen molar-refractivity contribution < 1.29 is 0 Å². The van der Waals surface area contributed by atoms with Crippen LogP contribution in [0, 0.1) is 0 Å². The van der Waals surface area contributed by atoms with E-state index in [1.54, 1.807) is 0 Å². The minimum atomic E-state index is 1.17. The molecule has 0 bridgehead atoms. The lowest BCUT2D eigenvalue weighted by Gasteiger charge is -2.08. The second kappa shape index (κ2) is 19.1. The molecule has 0 saturated carbocycles. The van der Waals surface area contributed by atoms with Crippen LogP contribution in [0.2, 0.25) is 0 Å². The first kappa shape index (κ1) is 44.8. The molecule has 0 aliphatic heterocycles. The van der Waals surface area contributed by atoms with Crippen LogP contribution in [0.1, 0.15) is 97.2 Å². The minimum Gasteiger partial charge on any atom is -0.136 e. The third-order valence-electron chi connectivity index (χ3n) is 15.3. The van der Waals surface area contributed by atoms with Gasteiger partial charge in [0.2, 0.25) is 0 Å². The van der Waals surface area contributed by atoms with Gasteiger partial charge in [-0.3, -0.25) is 0 Å². The zero-order valence-corrected chi connectivity index (χ0v) is 43.0. The van der Waals surface area contributed by atoms with E-state index in [-0.39, 0.29) is 0 Å². The Hall–Kier alpha value is -7.10. The first-order valence-corrected chi connectivity index (χ1v) is 28.1. The van der Waals surface area contributed by atoms with E-state index in [4.69, 9.17) is 0 Å². The molecule has 0 unspecified atom stereocenters. The third-order valence-corrected chi connectivity index (χ3v) is 17.4. The van der Waals surface area contributed by atoms with Crippen LogP contribution in [0.3, 0.4) is 0 Å². The highest BCUT2D eigenvalue weighted by Crippen LogP contribution is 2.38. The van der Waals surface area contributed by atoms with Crippen molar-refractivity contribution in [2.24, 2.45) is 0 Å². The minimum absolute atomic E-state index is 1.17.